The Morgan fingerprint density at radius 1 is 1.78 bits per heavy atom. The summed E-state index contributed by atoms with van der Waals surface area (Å²) in [6.45, 7) is 2.22. The Bertz CT molecular complexity index is 126. The molecule has 50 valence electrons. The molecule has 0 aromatic rings. The lowest BCUT2D eigenvalue weighted by Crippen LogP contribution is -1.81. The van der Waals surface area contributed by atoms with Gasteiger partial charge in [0.2, 0.25) is 0 Å². The lowest BCUT2D eigenvalue weighted by atomic mass is 10.1. The van der Waals surface area contributed by atoms with Crippen molar-refractivity contribution in [3.8, 4) is 0 Å². The second kappa shape index (κ2) is 3.99. The van der Waals surface area contributed by atoms with Crippen molar-refractivity contribution in [2.24, 2.45) is 0 Å². The summed E-state index contributed by atoms with van der Waals surface area (Å²) in [4.78, 5) is 2.09. The maximum absolute atomic E-state index is 3.51. The minimum absolute atomic E-state index is 0.559. The highest BCUT2D eigenvalue weighted by Crippen LogP contribution is 2.43. The normalized spacial score (nSPS) is 18.4. The molecular formula is C5H8BBrS2. The quantitative estimate of drug-likeness (QED) is 0.519. The smallest absolute Gasteiger partial charge is 0.133 e. The van der Waals surface area contributed by atoms with Crippen LogP contribution in [0.3, 0.4) is 0 Å². The van der Waals surface area contributed by atoms with Crippen LogP contribution >= 0.6 is 37.2 Å². The molecule has 0 nitrogen and oxygen atoms in total. The van der Waals surface area contributed by atoms with Crippen molar-refractivity contribution in [3.63, 3.8) is 0 Å². The van der Waals surface area contributed by atoms with Crippen LogP contribution in [0.4, 0.5) is 0 Å². The molecule has 9 heavy (non-hydrogen) atoms. The van der Waals surface area contributed by atoms with Gasteiger partial charge in [-0.05, 0) is 11.3 Å². The number of rotatable bonds is 2. The van der Waals surface area contributed by atoms with E-state index in [1.807, 2.05) is 21.4 Å². The zero-order valence-electron chi connectivity index (χ0n) is 5.26. The lowest BCUT2D eigenvalue weighted by Gasteiger charge is -1.93. The van der Waals surface area contributed by atoms with Gasteiger partial charge in [-0.25, -0.2) is 0 Å². The first-order valence-electron chi connectivity index (χ1n) is 3.01. The Hall–Kier alpha value is 0.985. The fraction of sp³-hybridized carbons (Fsp3) is 0.600. The minimum atomic E-state index is 0.559. The average Bonchev–Trinajstić information content (AvgIpc) is 2.17. The predicted octanol–water partition coefficient (Wildman–Crippen LogP) is 3.49. The molecule has 0 aromatic heterocycles. The van der Waals surface area contributed by atoms with Crippen molar-refractivity contribution in [2.45, 2.75) is 19.8 Å². The summed E-state index contributed by atoms with van der Waals surface area (Å²) in [5.74, 6) is 2.29. The van der Waals surface area contributed by atoms with Crippen molar-refractivity contribution >= 4 is 42.0 Å². The summed E-state index contributed by atoms with van der Waals surface area (Å²) in [6, 6.07) is 0. The highest BCUT2D eigenvalue weighted by atomic mass is 79.9. The fourth-order valence-corrected chi connectivity index (χ4v) is 4.09. The van der Waals surface area contributed by atoms with Gasteiger partial charge in [0.1, 0.15) is 0 Å². The zero-order chi connectivity index (χ0) is 6.69. The third-order valence-corrected chi connectivity index (χ3v) is 5.15. The van der Waals surface area contributed by atoms with E-state index in [4.69, 9.17) is 0 Å². The van der Waals surface area contributed by atoms with Crippen LogP contribution in [0.25, 0.3) is 0 Å². The third-order valence-electron chi connectivity index (χ3n) is 1.06. The summed E-state index contributed by atoms with van der Waals surface area (Å²) < 4.78 is 0. The van der Waals surface area contributed by atoms with Gasteiger partial charge in [0.05, 0.1) is 0 Å². The highest BCUT2D eigenvalue weighted by molar-refractivity contribution is 9.33. The molecule has 0 N–H and O–H groups in total. The average molecular weight is 223 g/mol. The van der Waals surface area contributed by atoms with Crippen LogP contribution in [0, 0.1) is 0 Å². The van der Waals surface area contributed by atoms with Crippen LogP contribution in [-0.4, -0.2) is 4.82 Å². The topological polar surface area (TPSA) is 0 Å². The van der Waals surface area contributed by atoms with Crippen molar-refractivity contribution in [2.75, 3.05) is 0 Å². The summed E-state index contributed by atoms with van der Waals surface area (Å²) in [7, 11) is 3.79. The van der Waals surface area contributed by atoms with Crippen LogP contribution < -0.4 is 0 Å². The summed E-state index contributed by atoms with van der Waals surface area (Å²) >= 11 is 3.51. The Kier molecular flexibility index (Phi) is 3.58. The van der Waals surface area contributed by atoms with Crippen molar-refractivity contribution < 1.29 is 0 Å². The molecule has 4 heteroatoms. The summed E-state index contributed by atoms with van der Waals surface area (Å²) in [6.07, 6.45) is 2.51. The molecule has 1 aliphatic rings. The maximum Gasteiger partial charge on any atom is 0.324 e. The second-order valence-electron chi connectivity index (χ2n) is 1.91. The molecule has 0 aliphatic carbocycles. The van der Waals surface area contributed by atoms with Crippen molar-refractivity contribution in [1.82, 2.24) is 0 Å². The zero-order valence-corrected chi connectivity index (χ0v) is 8.48. The van der Waals surface area contributed by atoms with Crippen LogP contribution in [0.5, 0.6) is 0 Å². The minimum Gasteiger partial charge on any atom is -0.133 e. The van der Waals surface area contributed by atoms with E-state index < -0.39 is 0 Å². The molecule has 0 aromatic carbocycles. The van der Waals surface area contributed by atoms with E-state index in [0.29, 0.717) is 4.82 Å². The van der Waals surface area contributed by atoms with Gasteiger partial charge in [-0.3, -0.25) is 0 Å². The highest BCUT2D eigenvalue weighted by Gasteiger charge is 2.16. The molecule has 0 saturated heterocycles. The second-order valence-corrected chi connectivity index (χ2v) is 5.98. The monoisotopic (exact) mass is 222 g/mol. The molecule has 0 spiro atoms. The van der Waals surface area contributed by atoms with Gasteiger partial charge in [-0.1, -0.05) is 30.1 Å². The van der Waals surface area contributed by atoms with Crippen LogP contribution in [0.15, 0.2) is 10.9 Å². The first-order valence-corrected chi connectivity index (χ1v) is 6.14. The number of hydrogen-bond donors (Lipinski definition) is 0. The first-order chi connectivity index (χ1) is 4.33. The van der Waals surface area contributed by atoms with E-state index in [1.54, 1.807) is 0 Å². The van der Waals surface area contributed by atoms with Crippen LogP contribution in [-0.2, 0) is 0 Å². The van der Waals surface area contributed by atoms with E-state index in [2.05, 4.69) is 28.7 Å². The van der Waals surface area contributed by atoms with E-state index in [1.165, 1.54) is 17.7 Å². The van der Waals surface area contributed by atoms with Crippen LogP contribution in [0.2, 0.25) is 0 Å². The van der Waals surface area contributed by atoms with Gasteiger partial charge in [0, 0.05) is 0 Å². The molecular weight excluding hydrogens is 215 g/mol. The summed E-state index contributed by atoms with van der Waals surface area (Å²) in [5.41, 5.74) is 0. The number of halogens is 1. The Morgan fingerprint density at radius 2 is 2.56 bits per heavy atom. The molecule has 0 atom stereocenters. The molecule has 1 aliphatic heterocycles. The molecule has 1 rings (SSSR count). The standard InChI is InChI=1S/C5H8BBrS2/c1-2-3-5-4-6(7)9-8-5/h4H,2-3H2,1H3. The van der Waals surface area contributed by atoms with E-state index in [-0.39, 0.29) is 0 Å². The Labute approximate surface area is 72.6 Å². The molecule has 0 amide bonds. The fourth-order valence-electron chi connectivity index (χ4n) is 0.681. The number of allylic oxidation sites excluding steroid dienone is 1. The third kappa shape index (κ3) is 2.60. The Balaban J connectivity index is 2.33. The first kappa shape index (κ1) is 8.09. The molecule has 0 bridgehead atoms. The van der Waals surface area contributed by atoms with E-state index in [9.17, 15) is 0 Å². The van der Waals surface area contributed by atoms with E-state index >= 15 is 0 Å². The van der Waals surface area contributed by atoms with Crippen molar-refractivity contribution in [1.29, 1.82) is 0 Å². The van der Waals surface area contributed by atoms with E-state index in [0.717, 1.165) is 0 Å². The molecule has 0 fully saturated rings. The van der Waals surface area contributed by atoms with Crippen molar-refractivity contribution in [3.05, 3.63) is 10.9 Å². The van der Waals surface area contributed by atoms with Gasteiger partial charge in [-0.2, -0.15) is 0 Å². The molecule has 1 heterocycles. The van der Waals surface area contributed by atoms with Gasteiger partial charge < -0.3 is 0 Å². The lowest BCUT2D eigenvalue weighted by molar-refractivity contribution is 0.950. The van der Waals surface area contributed by atoms with Gasteiger partial charge in [-0.15, -0.1) is 26.4 Å². The van der Waals surface area contributed by atoms with Gasteiger partial charge >= 0.3 is 4.82 Å². The molecule has 0 saturated carbocycles. The predicted molar refractivity (Wildman–Crippen MR) is 52.9 cm³/mol. The van der Waals surface area contributed by atoms with Crippen LogP contribution in [0.1, 0.15) is 19.8 Å². The number of hydrogen-bond acceptors (Lipinski definition) is 2. The maximum atomic E-state index is 3.51. The largest absolute Gasteiger partial charge is 0.324 e. The Morgan fingerprint density at radius 3 is 3.00 bits per heavy atom. The summed E-state index contributed by atoms with van der Waals surface area (Å²) in [5, 5.41) is 0. The van der Waals surface area contributed by atoms with Gasteiger partial charge in [0.25, 0.3) is 0 Å². The van der Waals surface area contributed by atoms with Gasteiger partial charge in [0.15, 0.2) is 0 Å². The SMILES string of the molecule is CCCC1=CB(Br)SS1. The molecule has 0 radical (unpaired) electrons. The molecule has 0 unspecified atom stereocenters.